The number of hydrogen-bond donors (Lipinski definition) is 0. The maximum atomic E-state index is 9.53. The molecule has 0 saturated carbocycles. The highest BCUT2D eigenvalue weighted by atomic mass is 16.1. The predicted octanol–water partition coefficient (Wildman–Crippen LogP) is 0.765. The fourth-order valence-corrected chi connectivity index (χ4v) is 0.171. The van der Waals surface area contributed by atoms with Crippen molar-refractivity contribution in [2.75, 3.05) is 0 Å². The summed E-state index contributed by atoms with van der Waals surface area (Å²) in [6.07, 6.45) is 3.56. The van der Waals surface area contributed by atoms with Crippen molar-refractivity contribution in [1.82, 2.24) is 0 Å². The highest BCUT2D eigenvalue weighted by Crippen LogP contribution is 1.60. The first-order chi connectivity index (χ1) is 3.41. The molecule has 0 fully saturated rings. The molecule has 0 aromatic rings. The SMILES string of the molecule is CC#C/C=C\C=O. The van der Waals surface area contributed by atoms with Gasteiger partial charge in [0.25, 0.3) is 0 Å². The Morgan fingerprint density at radius 3 is 2.71 bits per heavy atom. The second kappa shape index (κ2) is 4.97. The minimum absolute atomic E-state index is 0.699. The average molecular weight is 94.1 g/mol. The van der Waals surface area contributed by atoms with Gasteiger partial charge < -0.3 is 0 Å². The number of aldehydes is 1. The number of carbonyl (C=O) groups excluding carboxylic acids is 1. The number of allylic oxidation sites excluding steroid dienone is 2. The molecule has 1 heteroatoms. The lowest BCUT2D eigenvalue weighted by molar-refractivity contribution is -0.104. The van der Waals surface area contributed by atoms with Crippen molar-refractivity contribution in [1.29, 1.82) is 0 Å². The van der Waals surface area contributed by atoms with Crippen LogP contribution >= 0.6 is 0 Å². The molecule has 0 atom stereocenters. The molecule has 0 aliphatic heterocycles. The second-order valence-electron chi connectivity index (χ2n) is 0.890. The fourth-order valence-electron chi connectivity index (χ4n) is 0.171. The molecule has 1 nitrogen and oxygen atoms in total. The third-order valence-electron chi connectivity index (χ3n) is 0.402. The Balaban J connectivity index is 3.40. The van der Waals surface area contributed by atoms with Gasteiger partial charge in [-0.15, -0.1) is 5.92 Å². The van der Waals surface area contributed by atoms with E-state index in [0.717, 1.165) is 0 Å². The van der Waals surface area contributed by atoms with Crippen LogP contribution in [-0.2, 0) is 4.79 Å². The van der Waals surface area contributed by atoms with E-state index in [1.807, 2.05) is 0 Å². The molecule has 0 rings (SSSR count). The van der Waals surface area contributed by atoms with Gasteiger partial charge in [-0.1, -0.05) is 5.92 Å². The van der Waals surface area contributed by atoms with E-state index in [9.17, 15) is 4.79 Å². The standard InChI is InChI=1S/C6H6O/c1-2-3-4-5-6-7/h4-6H,1H3/b5-4-. The van der Waals surface area contributed by atoms with E-state index in [4.69, 9.17) is 0 Å². The van der Waals surface area contributed by atoms with E-state index in [1.165, 1.54) is 12.2 Å². The van der Waals surface area contributed by atoms with Crippen LogP contribution in [0.3, 0.4) is 0 Å². The van der Waals surface area contributed by atoms with E-state index in [-0.39, 0.29) is 0 Å². The molecule has 0 aromatic carbocycles. The van der Waals surface area contributed by atoms with Crippen LogP contribution in [0.25, 0.3) is 0 Å². The van der Waals surface area contributed by atoms with E-state index in [1.54, 1.807) is 6.92 Å². The van der Waals surface area contributed by atoms with Crippen LogP contribution < -0.4 is 0 Å². The first-order valence-electron chi connectivity index (χ1n) is 1.94. The third-order valence-corrected chi connectivity index (χ3v) is 0.402. The minimum atomic E-state index is 0.699. The van der Waals surface area contributed by atoms with Crippen molar-refractivity contribution < 1.29 is 4.79 Å². The van der Waals surface area contributed by atoms with E-state index >= 15 is 0 Å². The van der Waals surface area contributed by atoms with Crippen LogP contribution in [0.4, 0.5) is 0 Å². The summed E-state index contributed by atoms with van der Waals surface area (Å²) >= 11 is 0. The molecule has 0 aromatic heterocycles. The Kier molecular flexibility index (Phi) is 4.24. The topological polar surface area (TPSA) is 17.1 Å². The second-order valence-corrected chi connectivity index (χ2v) is 0.890. The summed E-state index contributed by atoms with van der Waals surface area (Å²) in [6.45, 7) is 1.72. The summed E-state index contributed by atoms with van der Waals surface area (Å²) in [5.41, 5.74) is 0. The molecular formula is C6H6O. The van der Waals surface area contributed by atoms with Crippen LogP contribution in [0.1, 0.15) is 6.92 Å². The largest absolute Gasteiger partial charge is 0.299 e. The lowest BCUT2D eigenvalue weighted by Gasteiger charge is -1.56. The van der Waals surface area contributed by atoms with Crippen LogP contribution in [0, 0.1) is 11.8 Å². The third kappa shape index (κ3) is 4.97. The van der Waals surface area contributed by atoms with Crippen molar-refractivity contribution in [3.8, 4) is 11.8 Å². The zero-order chi connectivity index (χ0) is 5.54. The van der Waals surface area contributed by atoms with Crippen molar-refractivity contribution in [2.45, 2.75) is 6.92 Å². The fraction of sp³-hybridized carbons (Fsp3) is 0.167. The first-order valence-corrected chi connectivity index (χ1v) is 1.94. The zero-order valence-corrected chi connectivity index (χ0v) is 4.14. The van der Waals surface area contributed by atoms with Gasteiger partial charge in [0.15, 0.2) is 0 Å². The van der Waals surface area contributed by atoms with Gasteiger partial charge in [0.1, 0.15) is 6.29 Å². The Bertz CT molecular complexity index is 123. The first kappa shape index (κ1) is 5.97. The van der Waals surface area contributed by atoms with Crippen molar-refractivity contribution >= 4 is 6.29 Å². The molecule has 0 saturated heterocycles. The number of hydrogen-bond acceptors (Lipinski definition) is 1. The van der Waals surface area contributed by atoms with Gasteiger partial charge >= 0.3 is 0 Å². The van der Waals surface area contributed by atoms with Gasteiger partial charge in [0, 0.05) is 0 Å². The molecule has 7 heavy (non-hydrogen) atoms. The smallest absolute Gasteiger partial charge is 0.143 e. The maximum Gasteiger partial charge on any atom is 0.143 e. The van der Waals surface area contributed by atoms with Crippen LogP contribution in [-0.4, -0.2) is 6.29 Å². The van der Waals surface area contributed by atoms with E-state index in [2.05, 4.69) is 11.8 Å². The summed E-state index contributed by atoms with van der Waals surface area (Å²) in [5.74, 6) is 5.19. The molecule has 0 amide bonds. The van der Waals surface area contributed by atoms with Gasteiger partial charge in [-0.2, -0.15) is 0 Å². The predicted molar refractivity (Wildman–Crippen MR) is 28.7 cm³/mol. The molecule has 36 valence electrons. The Morgan fingerprint density at radius 2 is 2.29 bits per heavy atom. The normalized spacial score (nSPS) is 7.57. The van der Waals surface area contributed by atoms with Gasteiger partial charge in [-0.25, -0.2) is 0 Å². The monoisotopic (exact) mass is 94.0 g/mol. The molecule has 0 radical (unpaired) electrons. The lowest BCUT2D eigenvalue weighted by atomic mass is 10.5. The van der Waals surface area contributed by atoms with E-state index in [0.29, 0.717) is 6.29 Å². The Hall–Kier alpha value is -1.03. The number of carbonyl (C=O) groups is 1. The van der Waals surface area contributed by atoms with E-state index < -0.39 is 0 Å². The minimum Gasteiger partial charge on any atom is -0.299 e. The van der Waals surface area contributed by atoms with Crippen LogP contribution in [0.15, 0.2) is 12.2 Å². The van der Waals surface area contributed by atoms with Gasteiger partial charge in [0.2, 0.25) is 0 Å². The molecule has 0 aliphatic rings. The summed E-state index contributed by atoms with van der Waals surface area (Å²) in [7, 11) is 0. The van der Waals surface area contributed by atoms with Gasteiger partial charge in [0.05, 0.1) is 0 Å². The maximum absolute atomic E-state index is 9.53. The average Bonchev–Trinajstić information content (AvgIpc) is 1.69. The van der Waals surface area contributed by atoms with Crippen LogP contribution in [0.2, 0.25) is 0 Å². The summed E-state index contributed by atoms with van der Waals surface area (Å²) in [5, 5.41) is 0. The molecule has 0 heterocycles. The zero-order valence-electron chi connectivity index (χ0n) is 4.14. The van der Waals surface area contributed by atoms with Crippen molar-refractivity contribution in [3.05, 3.63) is 12.2 Å². The van der Waals surface area contributed by atoms with Gasteiger partial charge in [-0.05, 0) is 19.1 Å². The Morgan fingerprint density at radius 1 is 1.57 bits per heavy atom. The van der Waals surface area contributed by atoms with Gasteiger partial charge in [-0.3, -0.25) is 4.79 Å². The number of rotatable bonds is 1. The quantitative estimate of drug-likeness (QED) is 0.266. The molecule has 0 bridgehead atoms. The molecule has 0 spiro atoms. The summed E-state index contributed by atoms with van der Waals surface area (Å²) < 4.78 is 0. The van der Waals surface area contributed by atoms with Crippen LogP contribution in [0.5, 0.6) is 0 Å². The molecular weight excluding hydrogens is 88.1 g/mol. The molecule has 0 aliphatic carbocycles. The Labute approximate surface area is 43.0 Å². The molecule has 0 N–H and O–H groups in total. The summed E-state index contributed by atoms with van der Waals surface area (Å²) in [4.78, 5) is 9.53. The van der Waals surface area contributed by atoms with Crippen molar-refractivity contribution in [2.24, 2.45) is 0 Å². The summed E-state index contributed by atoms with van der Waals surface area (Å²) in [6, 6.07) is 0. The lowest BCUT2D eigenvalue weighted by Crippen LogP contribution is -1.54. The highest BCUT2D eigenvalue weighted by Gasteiger charge is 1.54. The highest BCUT2D eigenvalue weighted by molar-refractivity contribution is 5.65. The van der Waals surface area contributed by atoms with Crippen molar-refractivity contribution in [3.63, 3.8) is 0 Å². The molecule has 0 unspecified atom stereocenters.